The van der Waals surface area contributed by atoms with E-state index in [1.807, 2.05) is 13.8 Å². The minimum atomic E-state index is -3.20. The molecule has 0 rings (SSSR count). The molecular weight excluding hydrogens is 190 g/mol. The van der Waals surface area contributed by atoms with Crippen molar-refractivity contribution in [3.05, 3.63) is 0 Å². The Kier molecular flexibility index (Phi) is 5.51. The highest BCUT2D eigenvalue weighted by Gasteiger charge is 2.14. The summed E-state index contributed by atoms with van der Waals surface area (Å²) in [5.74, 6) is 0.294. The Balaban J connectivity index is 3.95. The number of sulfonamides is 1. The zero-order chi connectivity index (χ0) is 10.5. The summed E-state index contributed by atoms with van der Waals surface area (Å²) >= 11 is 0. The topological polar surface area (TPSA) is 66.4 Å². The van der Waals surface area contributed by atoms with Crippen molar-refractivity contribution in [2.75, 3.05) is 12.3 Å². The van der Waals surface area contributed by atoms with Gasteiger partial charge in [0.1, 0.15) is 0 Å². The molecule has 4 nitrogen and oxygen atoms in total. The average Bonchev–Trinajstić information content (AvgIpc) is 2.00. The van der Waals surface area contributed by atoms with Crippen LogP contribution in [-0.4, -0.2) is 31.9 Å². The van der Waals surface area contributed by atoms with Gasteiger partial charge in [0.15, 0.2) is 0 Å². The molecule has 0 unspecified atom stereocenters. The zero-order valence-corrected chi connectivity index (χ0v) is 9.26. The number of aliphatic hydroxyl groups excluding tert-OH is 1. The van der Waals surface area contributed by atoms with Crippen LogP contribution in [0.25, 0.3) is 0 Å². The maximum absolute atomic E-state index is 11.3. The molecule has 0 saturated carbocycles. The van der Waals surface area contributed by atoms with E-state index >= 15 is 0 Å². The third-order valence-corrected chi connectivity index (χ3v) is 3.41. The lowest BCUT2D eigenvalue weighted by Crippen LogP contribution is -2.34. The lowest BCUT2D eigenvalue weighted by Gasteiger charge is -2.11. The predicted octanol–water partition coefficient (Wildman–Crippen LogP) is 0.333. The molecule has 0 aliphatic heterocycles. The van der Waals surface area contributed by atoms with Crippen molar-refractivity contribution in [1.82, 2.24) is 4.72 Å². The highest BCUT2D eigenvalue weighted by atomic mass is 32.2. The minimum absolute atomic E-state index is 0.0960. The van der Waals surface area contributed by atoms with Crippen LogP contribution in [0.1, 0.15) is 27.2 Å². The van der Waals surface area contributed by atoms with Crippen LogP contribution in [0.2, 0.25) is 0 Å². The van der Waals surface area contributed by atoms with Gasteiger partial charge in [0, 0.05) is 6.54 Å². The van der Waals surface area contributed by atoms with E-state index in [0.29, 0.717) is 0 Å². The Labute approximate surface area is 80.4 Å². The predicted molar refractivity (Wildman–Crippen MR) is 52.9 cm³/mol. The van der Waals surface area contributed by atoms with Gasteiger partial charge in [-0.25, -0.2) is 13.1 Å². The second-order valence-corrected chi connectivity index (χ2v) is 5.34. The molecule has 80 valence electrons. The molecule has 5 heteroatoms. The Morgan fingerprint density at radius 1 is 1.38 bits per heavy atom. The van der Waals surface area contributed by atoms with E-state index in [1.54, 1.807) is 6.92 Å². The fourth-order valence-corrected chi connectivity index (χ4v) is 2.40. The molecular formula is C8H19NO3S. The molecule has 2 N–H and O–H groups in total. The molecule has 13 heavy (non-hydrogen) atoms. The van der Waals surface area contributed by atoms with Crippen LogP contribution < -0.4 is 4.72 Å². The van der Waals surface area contributed by atoms with Crippen LogP contribution in [-0.2, 0) is 10.0 Å². The molecule has 0 aromatic heterocycles. The van der Waals surface area contributed by atoms with Crippen LogP contribution in [0.4, 0.5) is 0 Å². The summed E-state index contributed by atoms with van der Waals surface area (Å²) in [5.41, 5.74) is 0. The lowest BCUT2D eigenvalue weighted by molar-refractivity contribution is 0.198. The van der Waals surface area contributed by atoms with Gasteiger partial charge >= 0.3 is 0 Å². The van der Waals surface area contributed by atoms with Gasteiger partial charge in [0.05, 0.1) is 11.9 Å². The Morgan fingerprint density at radius 2 is 1.92 bits per heavy atom. The van der Waals surface area contributed by atoms with Crippen LogP contribution in [0.3, 0.4) is 0 Å². The summed E-state index contributed by atoms with van der Waals surface area (Å²) in [6.45, 7) is 5.49. The van der Waals surface area contributed by atoms with E-state index in [2.05, 4.69) is 4.72 Å². The molecule has 0 saturated heterocycles. The van der Waals surface area contributed by atoms with Gasteiger partial charge in [-0.3, -0.25) is 0 Å². The largest absolute Gasteiger partial charge is 0.392 e. The molecule has 2 atom stereocenters. The Bertz CT molecular complexity index is 224. The van der Waals surface area contributed by atoms with Crippen molar-refractivity contribution < 1.29 is 13.5 Å². The van der Waals surface area contributed by atoms with Crippen molar-refractivity contribution in [1.29, 1.82) is 0 Å². The maximum Gasteiger partial charge on any atom is 0.211 e. The van der Waals surface area contributed by atoms with E-state index < -0.39 is 16.1 Å². The van der Waals surface area contributed by atoms with Crippen molar-refractivity contribution in [3.8, 4) is 0 Å². The van der Waals surface area contributed by atoms with E-state index in [-0.39, 0.29) is 18.2 Å². The molecule has 0 aliphatic carbocycles. The molecule has 0 amide bonds. The number of aliphatic hydroxyl groups is 1. The first-order valence-corrected chi connectivity index (χ1v) is 6.18. The second-order valence-electron chi connectivity index (χ2n) is 3.49. The summed E-state index contributed by atoms with van der Waals surface area (Å²) in [4.78, 5) is 0. The quantitative estimate of drug-likeness (QED) is 0.662. The van der Waals surface area contributed by atoms with Crippen LogP contribution in [0.15, 0.2) is 0 Å². The molecule has 0 aromatic carbocycles. The average molecular weight is 209 g/mol. The van der Waals surface area contributed by atoms with Crippen molar-refractivity contribution in [2.45, 2.75) is 33.3 Å². The standard InChI is InChI=1S/C8H19NO3S/c1-4-7(2)6-13(11,12)9-5-8(3)10/h7-10H,4-6H2,1-3H3/t7-,8-/m0/s1. The maximum atomic E-state index is 11.3. The third kappa shape index (κ3) is 6.98. The Hall–Kier alpha value is -0.130. The summed E-state index contributed by atoms with van der Waals surface area (Å²) in [7, 11) is -3.20. The lowest BCUT2D eigenvalue weighted by atomic mass is 10.2. The van der Waals surface area contributed by atoms with Gasteiger partial charge in [0.2, 0.25) is 10.0 Å². The van der Waals surface area contributed by atoms with E-state index in [4.69, 9.17) is 5.11 Å². The molecule has 0 spiro atoms. The van der Waals surface area contributed by atoms with Crippen LogP contribution in [0.5, 0.6) is 0 Å². The van der Waals surface area contributed by atoms with Gasteiger partial charge in [-0.15, -0.1) is 0 Å². The summed E-state index contributed by atoms with van der Waals surface area (Å²) in [6.07, 6.45) is 0.210. The minimum Gasteiger partial charge on any atom is -0.392 e. The normalized spacial score (nSPS) is 16.9. The van der Waals surface area contributed by atoms with Crippen LogP contribution in [0, 0.1) is 5.92 Å². The first-order chi connectivity index (χ1) is 5.87. The van der Waals surface area contributed by atoms with Gasteiger partial charge < -0.3 is 5.11 Å². The molecule has 0 heterocycles. The second kappa shape index (κ2) is 5.57. The fourth-order valence-electron chi connectivity index (χ4n) is 0.799. The smallest absolute Gasteiger partial charge is 0.211 e. The molecule has 0 fully saturated rings. The number of hydrogen-bond donors (Lipinski definition) is 2. The van der Waals surface area contributed by atoms with Crippen molar-refractivity contribution in [3.63, 3.8) is 0 Å². The molecule has 0 aromatic rings. The van der Waals surface area contributed by atoms with Crippen molar-refractivity contribution in [2.24, 2.45) is 5.92 Å². The number of nitrogens with one attached hydrogen (secondary N) is 1. The molecule has 0 radical (unpaired) electrons. The van der Waals surface area contributed by atoms with Gasteiger partial charge in [-0.1, -0.05) is 20.3 Å². The number of hydrogen-bond acceptors (Lipinski definition) is 3. The third-order valence-electron chi connectivity index (χ3n) is 1.80. The highest BCUT2D eigenvalue weighted by molar-refractivity contribution is 7.89. The number of rotatable bonds is 6. The Morgan fingerprint density at radius 3 is 2.31 bits per heavy atom. The monoisotopic (exact) mass is 209 g/mol. The SMILES string of the molecule is CC[C@H](C)CS(=O)(=O)NC[C@H](C)O. The molecule has 0 aliphatic rings. The van der Waals surface area contributed by atoms with Crippen molar-refractivity contribution >= 4 is 10.0 Å². The summed E-state index contributed by atoms with van der Waals surface area (Å²) in [6, 6.07) is 0. The van der Waals surface area contributed by atoms with E-state index in [1.165, 1.54) is 0 Å². The first-order valence-electron chi connectivity index (χ1n) is 4.52. The highest BCUT2D eigenvalue weighted by Crippen LogP contribution is 2.03. The zero-order valence-electron chi connectivity index (χ0n) is 8.45. The van der Waals surface area contributed by atoms with E-state index in [0.717, 1.165) is 6.42 Å². The van der Waals surface area contributed by atoms with E-state index in [9.17, 15) is 8.42 Å². The van der Waals surface area contributed by atoms with Gasteiger partial charge in [-0.2, -0.15) is 0 Å². The fraction of sp³-hybridized carbons (Fsp3) is 1.00. The van der Waals surface area contributed by atoms with Gasteiger partial charge in [0.25, 0.3) is 0 Å². The summed E-state index contributed by atoms with van der Waals surface area (Å²) < 4.78 is 24.9. The molecule has 0 bridgehead atoms. The van der Waals surface area contributed by atoms with Crippen LogP contribution >= 0.6 is 0 Å². The summed E-state index contributed by atoms with van der Waals surface area (Å²) in [5, 5.41) is 8.88. The van der Waals surface area contributed by atoms with Gasteiger partial charge in [-0.05, 0) is 12.8 Å². The first kappa shape index (κ1) is 12.9.